The summed E-state index contributed by atoms with van der Waals surface area (Å²) >= 11 is 0. The van der Waals surface area contributed by atoms with E-state index in [0.717, 1.165) is 5.56 Å². The number of carbonyl (C=O) groups excluding carboxylic acids is 1. The van der Waals surface area contributed by atoms with Crippen LogP contribution in [0.25, 0.3) is 0 Å². The molecule has 0 amide bonds. The fraction of sp³-hybridized carbons (Fsp3) is 0.167. The lowest BCUT2D eigenvalue weighted by molar-refractivity contribution is 0.103. The Morgan fingerprint density at radius 3 is 2.47 bits per heavy atom. The molecular formula is C12H12N2O. The number of rotatable bonds is 2. The molecule has 0 aliphatic heterocycles. The van der Waals surface area contributed by atoms with Gasteiger partial charge in [0.2, 0.25) is 5.78 Å². The normalized spacial score (nSPS) is 10.3. The molecule has 2 aromatic rings. The predicted molar refractivity (Wildman–Crippen MR) is 57.8 cm³/mol. The molecule has 0 bridgehead atoms. The highest BCUT2D eigenvalue weighted by Crippen LogP contribution is 2.08. The van der Waals surface area contributed by atoms with E-state index in [2.05, 4.69) is 4.98 Å². The van der Waals surface area contributed by atoms with Crippen LogP contribution in [0, 0.1) is 6.92 Å². The number of carbonyl (C=O) groups is 1. The first-order valence-corrected chi connectivity index (χ1v) is 4.76. The summed E-state index contributed by atoms with van der Waals surface area (Å²) in [7, 11) is 1.85. The molecule has 0 fully saturated rings. The van der Waals surface area contributed by atoms with Crippen molar-refractivity contribution in [3.8, 4) is 0 Å². The van der Waals surface area contributed by atoms with Gasteiger partial charge in [0.15, 0.2) is 0 Å². The van der Waals surface area contributed by atoms with Crippen molar-refractivity contribution in [3.05, 3.63) is 53.6 Å². The van der Waals surface area contributed by atoms with Crippen LogP contribution in [0.5, 0.6) is 0 Å². The van der Waals surface area contributed by atoms with Gasteiger partial charge in [-0.05, 0) is 6.92 Å². The van der Waals surface area contributed by atoms with Gasteiger partial charge in [0.25, 0.3) is 0 Å². The Bertz CT molecular complexity index is 483. The molecule has 0 saturated heterocycles. The van der Waals surface area contributed by atoms with Gasteiger partial charge in [0.05, 0.1) is 6.33 Å². The van der Waals surface area contributed by atoms with Gasteiger partial charge in [-0.3, -0.25) is 4.79 Å². The van der Waals surface area contributed by atoms with E-state index in [0.29, 0.717) is 11.3 Å². The molecule has 0 radical (unpaired) electrons. The number of nitrogens with zero attached hydrogens (tertiary/aromatic N) is 2. The molecule has 0 unspecified atom stereocenters. The maximum absolute atomic E-state index is 11.9. The third-order valence-corrected chi connectivity index (χ3v) is 2.25. The molecular weight excluding hydrogens is 188 g/mol. The Labute approximate surface area is 88.4 Å². The first kappa shape index (κ1) is 9.65. The highest BCUT2D eigenvalue weighted by atomic mass is 16.1. The maximum atomic E-state index is 11.9. The summed E-state index contributed by atoms with van der Waals surface area (Å²) in [6, 6.07) is 7.50. The standard InChI is InChI=1S/C12H12N2O/c1-9-3-5-10(6-4-9)12(15)11-7-14(2)8-13-11/h3-8H,1-2H3. The second-order valence-corrected chi connectivity index (χ2v) is 3.62. The topological polar surface area (TPSA) is 34.9 Å². The van der Waals surface area contributed by atoms with Gasteiger partial charge < -0.3 is 4.57 Å². The summed E-state index contributed by atoms with van der Waals surface area (Å²) in [5.41, 5.74) is 2.31. The van der Waals surface area contributed by atoms with E-state index in [1.54, 1.807) is 17.1 Å². The van der Waals surface area contributed by atoms with Crippen molar-refractivity contribution in [2.75, 3.05) is 0 Å². The van der Waals surface area contributed by atoms with Crippen LogP contribution in [0.3, 0.4) is 0 Å². The zero-order chi connectivity index (χ0) is 10.8. The quantitative estimate of drug-likeness (QED) is 0.694. The van der Waals surface area contributed by atoms with E-state index in [1.165, 1.54) is 0 Å². The van der Waals surface area contributed by atoms with E-state index in [1.807, 2.05) is 38.2 Å². The molecule has 0 spiro atoms. The van der Waals surface area contributed by atoms with Crippen molar-refractivity contribution in [2.45, 2.75) is 6.92 Å². The monoisotopic (exact) mass is 200 g/mol. The summed E-state index contributed by atoms with van der Waals surface area (Å²) in [5.74, 6) is -0.0319. The fourth-order valence-electron chi connectivity index (χ4n) is 1.38. The average molecular weight is 200 g/mol. The Morgan fingerprint density at radius 2 is 1.93 bits per heavy atom. The second-order valence-electron chi connectivity index (χ2n) is 3.62. The maximum Gasteiger partial charge on any atom is 0.212 e. The van der Waals surface area contributed by atoms with E-state index in [4.69, 9.17) is 0 Å². The van der Waals surface area contributed by atoms with Crippen LogP contribution < -0.4 is 0 Å². The molecule has 1 aromatic carbocycles. The number of aromatic nitrogens is 2. The number of benzene rings is 1. The third-order valence-electron chi connectivity index (χ3n) is 2.25. The molecule has 0 aliphatic carbocycles. The molecule has 1 heterocycles. The summed E-state index contributed by atoms with van der Waals surface area (Å²) in [4.78, 5) is 15.9. The van der Waals surface area contributed by atoms with E-state index >= 15 is 0 Å². The van der Waals surface area contributed by atoms with Crippen LogP contribution in [-0.2, 0) is 7.05 Å². The zero-order valence-electron chi connectivity index (χ0n) is 8.77. The van der Waals surface area contributed by atoms with Gasteiger partial charge in [-0.2, -0.15) is 0 Å². The van der Waals surface area contributed by atoms with E-state index in [-0.39, 0.29) is 5.78 Å². The van der Waals surface area contributed by atoms with Crippen molar-refractivity contribution in [3.63, 3.8) is 0 Å². The molecule has 76 valence electrons. The van der Waals surface area contributed by atoms with Gasteiger partial charge in [-0.1, -0.05) is 29.8 Å². The van der Waals surface area contributed by atoms with Gasteiger partial charge >= 0.3 is 0 Å². The van der Waals surface area contributed by atoms with Crippen LogP contribution in [0.4, 0.5) is 0 Å². The second kappa shape index (κ2) is 3.69. The van der Waals surface area contributed by atoms with Crippen LogP contribution in [0.1, 0.15) is 21.6 Å². The first-order chi connectivity index (χ1) is 7.16. The van der Waals surface area contributed by atoms with Gasteiger partial charge in [-0.25, -0.2) is 4.98 Å². The highest BCUT2D eigenvalue weighted by Gasteiger charge is 2.10. The summed E-state index contributed by atoms with van der Waals surface area (Å²) in [5, 5.41) is 0. The van der Waals surface area contributed by atoms with E-state index in [9.17, 15) is 4.79 Å². The van der Waals surface area contributed by atoms with Gasteiger partial charge in [0, 0.05) is 18.8 Å². The predicted octanol–water partition coefficient (Wildman–Crippen LogP) is 1.96. The number of hydrogen-bond donors (Lipinski definition) is 0. The van der Waals surface area contributed by atoms with Crippen LogP contribution in [0.2, 0.25) is 0 Å². The SMILES string of the molecule is Cc1ccc(C(=O)c2cn(C)cn2)cc1. The number of aryl methyl sites for hydroxylation is 2. The molecule has 15 heavy (non-hydrogen) atoms. The highest BCUT2D eigenvalue weighted by molar-refractivity contribution is 6.07. The number of hydrogen-bond acceptors (Lipinski definition) is 2. The molecule has 2 rings (SSSR count). The molecule has 3 heteroatoms. The van der Waals surface area contributed by atoms with Gasteiger partial charge in [0.1, 0.15) is 5.69 Å². The average Bonchev–Trinajstić information content (AvgIpc) is 2.65. The summed E-state index contributed by atoms with van der Waals surface area (Å²) in [6.45, 7) is 2.00. The van der Waals surface area contributed by atoms with E-state index < -0.39 is 0 Å². The van der Waals surface area contributed by atoms with Crippen LogP contribution in [0.15, 0.2) is 36.8 Å². The number of imidazole rings is 1. The fourth-order valence-corrected chi connectivity index (χ4v) is 1.38. The summed E-state index contributed by atoms with van der Waals surface area (Å²) < 4.78 is 1.77. The molecule has 1 aromatic heterocycles. The molecule has 0 N–H and O–H groups in total. The Kier molecular flexibility index (Phi) is 2.37. The largest absolute Gasteiger partial charge is 0.340 e. The van der Waals surface area contributed by atoms with Crippen molar-refractivity contribution in [2.24, 2.45) is 7.05 Å². The Morgan fingerprint density at radius 1 is 1.27 bits per heavy atom. The molecule has 0 aliphatic rings. The van der Waals surface area contributed by atoms with Crippen molar-refractivity contribution < 1.29 is 4.79 Å². The molecule has 0 saturated carbocycles. The van der Waals surface area contributed by atoms with Crippen molar-refractivity contribution in [1.82, 2.24) is 9.55 Å². The minimum Gasteiger partial charge on any atom is -0.340 e. The van der Waals surface area contributed by atoms with Crippen LogP contribution in [-0.4, -0.2) is 15.3 Å². The first-order valence-electron chi connectivity index (χ1n) is 4.76. The van der Waals surface area contributed by atoms with Gasteiger partial charge in [-0.15, -0.1) is 0 Å². The third kappa shape index (κ3) is 1.96. The molecule has 3 nitrogen and oxygen atoms in total. The minimum atomic E-state index is -0.0319. The van der Waals surface area contributed by atoms with Crippen molar-refractivity contribution in [1.29, 1.82) is 0 Å². The number of ketones is 1. The smallest absolute Gasteiger partial charge is 0.212 e. The lowest BCUT2D eigenvalue weighted by atomic mass is 10.1. The minimum absolute atomic E-state index is 0.0319. The Balaban J connectivity index is 2.32. The van der Waals surface area contributed by atoms with Crippen LogP contribution >= 0.6 is 0 Å². The molecule has 0 atom stereocenters. The lowest BCUT2D eigenvalue weighted by Gasteiger charge is -1.97. The Hall–Kier alpha value is -1.90. The van der Waals surface area contributed by atoms with Crippen molar-refractivity contribution >= 4 is 5.78 Å². The summed E-state index contributed by atoms with van der Waals surface area (Å²) in [6.07, 6.45) is 3.35. The zero-order valence-corrected chi connectivity index (χ0v) is 8.77. The lowest BCUT2D eigenvalue weighted by Crippen LogP contribution is -2.01.